The fraction of sp³-hybridized carbons (Fsp3) is 0.407. The van der Waals surface area contributed by atoms with Crippen LogP contribution < -0.4 is 15.4 Å². The number of benzene rings is 2. The number of rotatable bonds is 10. The van der Waals surface area contributed by atoms with E-state index in [9.17, 15) is 19.2 Å². The topological polar surface area (TPSA) is 128 Å². The molecule has 0 aromatic heterocycles. The summed E-state index contributed by atoms with van der Waals surface area (Å²) >= 11 is 0. The maximum atomic E-state index is 13.2. The van der Waals surface area contributed by atoms with E-state index in [2.05, 4.69) is 24.5 Å². The molecular formula is C27H34N4O6. The van der Waals surface area contributed by atoms with E-state index in [-0.39, 0.29) is 43.8 Å². The molecule has 0 radical (unpaired) electrons. The van der Waals surface area contributed by atoms with Crippen molar-refractivity contribution in [3.05, 3.63) is 54.1 Å². The smallest absolute Gasteiger partial charge is 0.323 e. The van der Waals surface area contributed by atoms with Crippen molar-refractivity contribution in [2.24, 2.45) is 5.92 Å². The van der Waals surface area contributed by atoms with Crippen LogP contribution in [-0.2, 0) is 20.8 Å². The van der Waals surface area contributed by atoms with Gasteiger partial charge in [0.1, 0.15) is 12.3 Å². The average molecular weight is 511 g/mol. The molecule has 1 fully saturated rings. The zero-order chi connectivity index (χ0) is 26.9. The van der Waals surface area contributed by atoms with Gasteiger partial charge in [0.05, 0.1) is 31.7 Å². The lowest BCUT2D eigenvalue weighted by Crippen LogP contribution is -2.58. The van der Waals surface area contributed by atoms with Crippen LogP contribution in [0.25, 0.3) is 0 Å². The molecule has 4 amide bonds. The second-order valence-electron chi connectivity index (χ2n) is 9.44. The standard InChI is InChI=1S/C27H34N4O6/c1-18(2)14-21-16-30(13-12-26(34)35)25(33)17-31(21)24(32)15-19-8-10-20(11-9-19)28-27(36)29-22-6-4-5-7-23(22)37-3/h4-11,18,21H,12-17H2,1-3H3,(H,34,35)(H2,28,29,36). The zero-order valence-electron chi connectivity index (χ0n) is 21.4. The lowest BCUT2D eigenvalue weighted by atomic mass is 9.98. The molecule has 2 aromatic rings. The Hall–Kier alpha value is -4.08. The Morgan fingerprint density at radius 1 is 1.08 bits per heavy atom. The summed E-state index contributed by atoms with van der Waals surface area (Å²) in [6.07, 6.45) is 0.711. The Kier molecular flexibility index (Phi) is 9.48. The number of carbonyl (C=O) groups is 4. The van der Waals surface area contributed by atoms with E-state index >= 15 is 0 Å². The van der Waals surface area contributed by atoms with Gasteiger partial charge in [0.25, 0.3) is 0 Å². The number of nitrogens with one attached hydrogen (secondary N) is 2. The van der Waals surface area contributed by atoms with E-state index in [0.717, 1.165) is 5.56 Å². The Labute approximate surface area is 216 Å². The van der Waals surface area contributed by atoms with Crippen molar-refractivity contribution in [1.82, 2.24) is 9.80 Å². The number of anilines is 2. The SMILES string of the molecule is COc1ccccc1NC(=O)Nc1ccc(CC(=O)N2CC(=O)N(CCC(=O)O)CC2CC(C)C)cc1. The van der Waals surface area contributed by atoms with Crippen molar-refractivity contribution in [1.29, 1.82) is 0 Å². The first-order chi connectivity index (χ1) is 17.7. The summed E-state index contributed by atoms with van der Waals surface area (Å²) in [6, 6.07) is 13.4. The third kappa shape index (κ3) is 7.96. The van der Waals surface area contributed by atoms with E-state index in [1.54, 1.807) is 52.3 Å². The Morgan fingerprint density at radius 2 is 1.78 bits per heavy atom. The number of nitrogens with zero attached hydrogens (tertiary/aromatic N) is 2. The van der Waals surface area contributed by atoms with Crippen LogP contribution in [0, 0.1) is 5.92 Å². The van der Waals surface area contributed by atoms with Gasteiger partial charge in [0.15, 0.2) is 0 Å². The minimum Gasteiger partial charge on any atom is -0.495 e. The molecule has 0 bridgehead atoms. The number of carbonyl (C=O) groups excluding carboxylic acids is 3. The van der Waals surface area contributed by atoms with Crippen LogP contribution >= 0.6 is 0 Å². The average Bonchev–Trinajstić information content (AvgIpc) is 2.85. The second-order valence-corrected chi connectivity index (χ2v) is 9.44. The summed E-state index contributed by atoms with van der Waals surface area (Å²) in [7, 11) is 1.53. The predicted octanol–water partition coefficient (Wildman–Crippen LogP) is 3.44. The number of piperazine rings is 1. The van der Waals surface area contributed by atoms with E-state index in [1.807, 2.05) is 6.07 Å². The molecule has 0 aliphatic carbocycles. The fourth-order valence-electron chi connectivity index (χ4n) is 4.33. The van der Waals surface area contributed by atoms with E-state index in [4.69, 9.17) is 9.84 Å². The van der Waals surface area contributed by atoms with Crippen molar-refractivity contribution >= 4 is 35.2 Å². The fourth-order valence-corrected chi connectivity index (χ4v) is 4.33. The molecule has 1 heterocycles. The van der Waals surface area contributed by atoms with Gasteiger partial charge in [-0.3, -0.25) is 14.4 Å². The van der Waals surface area contributed by atoms with Gasteiger partial charge < -0.3 is 30.3 Å². The Morgan fingerprint density at radius 3 is 2.43 bits per heavy atom. The first-order valence-electron chi connectivity index (χ1n) is 12.2. The van der Waals surface area contributed by atoms with E-state index in [0.29, 0.717) is 36.0 Å². The molecule has 0 spiro atoms. The number of carboxylic acid groups (broad SMARTS) is 1. The van der Waals surface area contributed by atoms with Gasteiger partial charge in [-0.05, 0) is 42.2 Å². The molecule has 0 saturated carbocycles. The number of hydrogen-bond donors (Lipinski definition) is 3. The third-order valence-corrected chi connectivity index (χ3v) is 6.11. The maximum Gasteiger partial charge on any atom is 0.323 e. The lowest BCUT2D eigenvalue weighted by molar-refractivity contribution is -0.150. The van der Waals surface area contributed by atoms with Gasteiger partial charge in [-0.2, -0.15) is 0 Å². The van der Waals surface area contributed by atoms with Crippen molar-refractivity contribution in [2.75, 3.05) is 37.4 Å². The number of para-hydroxylation sites is 2. The minimum atomic E-state index is -0.957. The predicted molar refractivity (Wildman–Crippen MR) is 140 cm³/mol. The number of urea groups is 1. The molecule has 3 N–H and O–H groups in total. The summed E-state index contributed by atoms with van der Waals surface area (Å²) in [5.74, 6) is -0.505. The molecule has 10 heteroatoms. The Bertz CT molecular complexity index is 1120. The maximum absolute atomic E-state index is 13.2. The van der Waals surface area contributed by atoms with Gasteiger partial charge in [0.2, 0.25) is 11.8 Å². The highest BCUT2D eigenvalue weighted by atomic mass is 16.5. The minimum absolute atomic E-state index is 0.0569. The van der Waals surface area contributed by atoms with E-state index in [1.165, 1.54) is 7.11 Å². The summed E-state index contributed by atoms with van der Waals surface area (Å²) < 4.78 is 5.24. The molecule has 1 aliphatic heterocycles. The van der Waals surface area contributed by atoms with Gasteiger partial charge >= 0.3 is 12.0 Å². The largest absolute Gasteiger partial charge is 0.495 e. The number of methoxy groups -OCH3 is 1. The summed E-state index contributed by atoms with van der Waals surface area (Å²) in [5.41, 5.74) is 1.85. The number of amides is 4. The molecule has 1 aliphatic rings. The van der Waals surface area contributed by atoms with E-state index < -0.39 is 12.0 Å². The summed E-state index contributed by atoms with van der Waals surface area (Å²) in [6.45, 7) is 4.52. The summed E-state index contributed by atoms with van der Waals surface area (Å²) in [5, 5.41) is 14.5. The normalized spacial score (nSPS) is 15.5. The Balaban J connectivity index is 1.60. The molecule has 37 heavy (non-hydrogen) atoms. The van der Waals surface area contributed by atoms with Crippen LogP contribution in [-0.4, -0.2) is 71.5 Å². The molecule has 198 valence electrons. The lowest BCUT2D eigenvalue weighted by Gasteiger charge is -2.41. The van der Waals surface area contributed by atoms with Crippen LogP contribution in [0.5, 0.6) is 5.75 Å². The molecular weight excluding hydrogens is 476 g/mol. The molecule has 2 aromatic carbocycles. The monoisotopic (exact) mass is 510 g/mol. The quantitative estimate of drug-likeness (QED) is 0.449. The van der Waals surface area contributed by atoms with Crippen LogP contribution in [0.15, 0.2) is 48.5 Å². The third-order valence-electron chi connectivity index (χ3n) is 6.11. The number of hydrogen-bond acceptors (Lipinski definition) is 5. The van der Waals surface area contributed by atoms with Gasteiger partial charge in [-0.25, -0.2) is 4.79 Å². The number of carboxylic acids is 1. The van der Waals surface area contributed by atoms with Crippen molar-refractivity contribution in [2.45, 2.75) is 39.2 Å². The van der Waals surface area contributed by atoms with Gasteiger partial charge in [0, 0.05) is 18.8 Å². The summed E-state index contributed by atoms with van der Waals surface area (Å²) in [4.78, 5) is 52.3. The van der Waals surface area contributed by atoms with Crippen molar-refractivity contribution in [3.63, 3.8) is 0 Å². The van der Waals surface area contributed by atoms with Crippen LogP contribution in [0.4, 0.5) is 16.2 Å². The van der Waals surface area contributed by atoms with Crippen molar-refractivity contribution in [3.8, 4) is 5.75 Å². The highest BCUT2D eigenvalue weighted by Crippen LogP contribution is 2.24. The molecule has 1 atom stereocenters. The molecule has 1 unspecified atom stereocenters. The molecule has 3 rings (SSSR count). The van der Waals surface area contributed by atoms with Gasteiger partial charge in [-0.1, -0.05) is 38.1 Å². The first kappa shape index (κ1) is 27.5. The highest BCUT2D eigenvalue weighted by molar-refractivity contribution is 6.00. The van der Waals surface area contributed by atoms with Crippen molar-refractivity contribution < 1.29 is 29.0 Å². The highest BCUT2D eigenvalue weighted by Gasteiger charge is 2.35. The number of aliphatic carboxylic acids is 1. The molecule has 10 nitrogen and oxygen atoms in total. The second kappa shape index (κ2) is 12.8. The van der Waals surface area contributed by atoms with Crippen LogP contribution in [0.1, 0.15) is 32.3 Å². The number of ether oxygens (including phenoxy) is 1. The van der Waals surface area contributed by atoms with Crippen LogP contribution in [0.3, 0.4) is 0 Å². The van der Waals surface area contributed by atoms with Crippen LogP contribution in [0.2, 0.25) is 0 Å². The first-order valence-corrected chi connectivity index (χ1v) is 12.2. The zero-order valence-corrected chi connectivity index (χ0v) is 21.4. The van der Waals surface area contributed by atoms with Gasteiger partial charge in [-0.15, -0.1) is 0 Å². The molecule has 1 saturated heterocycles.